The van der Waals surface area contributed by atoms with Gasteiger partial charge < -0.3 is 78.5 Å². The molecule has 0 aromatic rings. The molecule has 16 N–H and O–H groups in total. The van der Waals surface area contributed by atoms with Crippen molar-refractivity contribution in [3.8, 4) is 0 Å². The van der Waals surface area contributed by atoms with E-state index in [1.807, 2.05) is 26.6 Å². The predicted octanol–water partition coefficient (Wildman–Crippen LogP) is -8.82. The molecule has 0 aliphatic rings. The van der Waals surface area contributed by atoms with E-state index >= 15 is 0 Å². The minimum absolute atomic E-state index is 0.881. The van der Waals surface area contributed by atoms with Crippen LogP contribution in [-0.4, -0.2) is 168 Å². The van der Waals surface area contributed by atoms with Crippen LogP contribution in [0.25, 0.3) is 0 Å². The first-order valence-electron chi connectivity index (χ1n) is 14.2. The van der Waals surface area contributed by atoms with Crippen molar-refractivity contribution in [3.63, 3.8) is 0 Å². The van der Waals surface area contributed by atoms with Gasteiger partial charge in [-0.25, -0.2) is 4.79 Å². The average Bonchev–Trinajstić information content (AvgIpc) is 3.02. The highest BCUT2D eigenvalue weighted by Gasteiger charge is 2.35. The van der Waals surface area contributed by atoms with Gasteiger partial charge >= 0.3 is 29.8 Å². The van der Waals surface area contributed by atoms with E-state index in [9.17, 15) is 78.3 Å². The Hall–Kier alpha value is -5.99. The van der Waals surface area contributed by atoms with Gasteiger partial charge in [0.2, 0.25) is 35.4 Å². The van der Waals surface area contributed by atoms with Crippen molar-refractivity contribution in [1.82, 2.24) is 31.9 Å². The Morgan fingerprint density at radius 2 is 0.608 bits per heavy atom. The number of nitrogens with two attached hydrogens (primary N) is 1. The summed E-state index contributed by atoms with van der Waals surface area (Å²) in [6.45, 7) is -3.70. The number of carbonyl (C=O) groups excluding carboxylic acids is 6. The maximum Gasteiger partial charge on any atom is 0.326 e. The molecule has 26 nitrogen and oxygen atoms in total. The first-order valence-corrected chi connectivity index (χ1v) is 14.2. The van der Waals surface area contributed by atoms with E-state index in [0.717, 1.165) is 0 Å². The molecule has 0 bridgehead atoms. The smallest absolute Gasteiger partial charge is 0.326 e. The van der Waals surface area contributed by atoms with Crippen LogP contribution in [0.1, 0.15) is 25.7 Å². The fourth-order valence-electron chi connectivity index (χ4n) is 3.65. The van der Waals surface area contributed by atoms with E-state index in [2.05, 4.69) is 0 Å². The van der Waals surface area contributed by atoms with Crippen LogP contribution in [0.2, 0.25) is 0 Å². The molecule has 0 radical (unpaired) electrons. The number of hydrogen-bond acceptors (Lipinski definition) is 15. The third-order valence-electron chi connectivity index (χ3n) is 6.19. The van der Waals surface area contributed by atoms with Gasteiger partial charge in [-0.3, -0.25) is 47.9 Å². The molecular formula is C25H37N7O19. The first kappa shape index (κ1) is 45.0. The van der Waals surface area contributed by atoms with Crippen molar-refractivity contribution < 1.29 is 93.6 Å². The molecule has 6 amide bonds. The van der Waals surface area contributed by atoms with Crippen LogP contribution in [0.5, 0.6) is 0 Å². The number of carbonyl (C=O) groups is 11. The van der Waals surface area contributed by atoms with Crippen LogP contribution in [0.15, 0.2) is 0 Å². The number of aliphatic carboxylic acids is 5. The molecule has 7 atom stereocenters. The van der Waals surface area contributed by atoms with Gasteiger partial charge in [0.1, 0.15) is 36.3 Å². The maximum atomic E-state index is 12.9. The summed E-state index contributed by atoms with van der Waals surface area (Å²) in [5, 5.41) is 84.7. The number of amides is 6. The lowest BCUT2D eigenvalue weighted by Crippen LogP contribution is -2.61. The van der Waals surface area contributed by atoms with Crippen LogP contribution < -0.4 is 37.6 Å². The lowest BCUT2D eigenvalue weighted by Gasteiger charge is -2.25. The number of aliphatic hydroxyl groups is 3. The number of aliphatic hydroxyl groups excluding tert-OH is 3. The van der Waals surface area contributed by atoms with Crippen molar-refractivity contribution in [2.45, 2.75) is 68.0 Å². The summed E-state index contributed by atoms with van der Waals surface area (Å²) >= 11 is 0. The van der Waals surface area contributed by atoms with Crippen molar-refractivity contribution in [3.05, 3.63) is 0 Å². The summed E-state index contributed by atoms with van der Waals surface area (Å²) in [6, 6.07) is -13.9. The van der Waals surface area contributed by atoms with Crippen molar-refractivity contribution in [1.29, 1.82) is 0 Å². The van der Waals surface area contributed by atoms with Crippen molar-refractivity contribution in [2.75, 3.05) is 19.8 Å². The van der Waals surface area contributed by atoms with Gasteiger partial charge in [-0.05, 0) is 0 Å². The van der Waals surface area contributed by atoms with Gasteiger partial charge in [-0.2, -0.15) is 0 Å². The van der Waals surface area contributed by atoms with E-state index in [1.54, 1.807) is 5.32 Å². The second-order valence-corrected chi connectivity index (χ2v) is 10.3. The van der Waals surface area contributed by atoms with Gasteiger partial charge in [0.25, 0.3) is 0 Å². The maximum absolute atomic E-state index is 12.9. The molecule has 0 saturated carbocycles. The third kappa shape index (κ3) is 16.8. The van der Waals surface area contributed by atoms with Crippen LogP contribution in [0.4, 0.5) is 0 Å². The van der Waals surface area contributed by atoms with Gasteiger partial charge in [-0.15, -0.1) is 0 Å². The van der Waals surface area contributed by atoms with Gasteiger partial charge in [0, 0.05) is 0 Å². The number of rotatable bonds is 24. The summed E-state index contributed by atoms with van der Waals surface area (Å²) < 4.78 is 0. The van der Waals surface area contributed by atoms with Crippen molar-refractivity contribution >= 4 is 65.3 Å². The minimum Gasteiger partial charge on any atom is -0.481 e. The molecular weight excluding hydrogens is 702 g/mol. The van der Waals surface area contributed by atoms with E-state index in [-0.39, 0.29) is 0 Å². The largest absolute Gasteiger partial charge is 0.481 e. The number of carboxylic acid groups (broad SMARTS) is 5. The predicted molar refractivity (Wildman–Crippen MR) is 157 cm³/mol. The molecule has 0 aromatic heterocycles. The Morgan fingerprint density at radius 1 is 0.373 bits per heavy atom. The highest BCUT2D eigenvalue weighted by Crippen LogP contribution is 2.02. The summed E-state index contributed by atoms with van der Waals surface area (Å²) in [5.41, 5.74) is 5.37. The second-order valence-electron chi connectivity index (χ2n) is 10.3. The molecule has 286 valence electrons. The number of carboxylic acids is 5. The molecule has 0 saturated heterocycles. The molecule has 0 fully saturated rings. The fourth-order valence-corrected chi connectivity index (χ4v) is 3.65. The topological polar surface area (TPSA) is 448 Å². The second kappa shape index (κ2) is 21.9. The molecule has 0 heterocycles. The van der Waals surface area contributed by atoms with Crippen LogP contribution in [0, 0.1) is 0 Å². The first-order chi connectivity index (χ1) is 23.7. The normalized spacial score (nSPS) is 14.7. The summed E-state index contributed by atoms with van der Waals surface area (Å²) in [5.74, 6) is -16.9. The summed E-state index contributed by atoms with van der Waals surface area (Å²) in [4.78, 5) is 131. The lowest BCUT2D eigenvalue weighted by molar-refractivity contribution is -0.147. The molecule has 0 unspecified atom stereocenters. The average molecular weight is 740 g/mol. The van der Waals surface area contributed by atoms with Gasteiger partial charge in [-0.1, -0.05) is 0 Å². The summed E-state index contributed by atoms with van der Waals surface area (Å²) in [7, 11) is 0. The summed E-state index contributed by atoms with van der Waals surface area (Å²) in [6.07, 6.45) is -4.43. The SMILES string of the molecule is N[C@@H](CC(=O)O)C(=O)N[C@@H](CO)C(=O)N[C@@H](CC(=O)O)C(=O)N[C@@H](CO)C(=O)N[C@@H](CC(=O)O)C(=O)N[C@@H](CO)C(=O)N[C@@H](CC(=O)O)C(=O)O. The third-order valence-corrected chi connectivity index (χ3v) is 6.19. The Labute approximate surface area is 284 Å². The minimum atomic E-state index is -2.13. The molecule has 0 aromatic carbocycles. The zero-order valence-electron chi connectivity index (χ0n) is 26.1. The molecule has 0 aliphatic heterocycles. The Kier molecular flexibility index (Phi) is 19.3. The van der Waals surface area contributed by atoms with E-state index in [4.69, 9.17) is 21.1 Å². The molecule has 51 heavy (non-hydrogen) atoms. The highest BCUT2D eigenvalue weighted by molar-refractivity contribution is 5.99. The standard InChI is InChI=1S/C25H37N7O19/c26-8(1-15(36)37)19(44)30-12(5-33)22(47)27-9(2-16(38)39)20(45)31-13(6-34)23(48)28-10(3-17(40)41)21(46)32-14(7-35)24(49)29-11(25(50)51)4-18(42)43/h8-14,33-35H,1-7,26H2,(H,27,47)(H,28,48)(H,29,49)(H,30,44)(H,31,45)(H,32,46)(H,36,37)(H,38,39)(H,40,41)(H,42,43)(H,50,51)/t8-,9-,10-,11-,12-,13-,14-/m0/s1. The quantitative estimate of drug-likeness (QED) is 0.0437. The molecule has 0 rings (SSSR count). The van der Waals surface area contributed by atoms with Crippen molar-refractivity contribution in [2.24, 2.45) is 5.73 Å². The number of hydrogen-bond donors (Lipinski definition) is 15. The zero-order chi connectivity index (χ0) is 39.6. The number of nitrogens with one attached hydrogen (secondary N) is 6. The Balaban J connectivity index is 5.87. The van der Waals surface area contributed by atoms with E-state index < -0.39 is 153 Å². The van der Waals surface area contributed by atoms with Gasteiger partial charge in [0.05, 0.1) is 51.5 Å². The van der Waals surface area contributed by atoms with E-state index in [1.165, 1.54) is 0 Å². The highest BCUT2D eigenvalue weighted by atomic mass is 16.4. The molecule has 26 heteroatoms. The van der Waals surface area contributed by atoms with Crippen LogP contribution in [0.3, 0.4) is 0 Å². The molecule has 0 spiro atoms. The monoisotopic (exact) mass is 739 g/mol. The van der Waals surface area contributed by atoms with E-state index in [0.29, 0.717) is 0 Å². The zero-order valence-corrected chi connectivity index (χ0v) is 26.1. The van der Waals surface area contributed by atoms with Crippen LogP contribution in [-0.2, 0) is 52.7 Å². The Morgan fingerprint density at radius 3 is 0.882 bits per heavy atom. The Bertz CT molecular complexity index is 1360. The molecule has 0 aliphatic carbocycles. The van der Waals surface area contributed by atoms with Gasteiger partial charge in [0.15, 0.2) is 0 Å². The van der Waals surface area contributed by atoms with Crippen LogP contribution >= 0.6 is 0 Å². The fraction of sp³-hybridized carbons (Fsp3) is 0.560. The lowest BCUT2D eigenvalue weighted by atomic mass is 10.1.